The molecular weight excluding hydrogens is 621 g/mol. The van der Waals surface area contributed by atoms with Gasteiger partial charge in [-0.2, -0.15) is 0 Å². The monoisotopic (exact) mass is 703 g/mol. The number of unbranched alkanes of at least 4 members (excludes halogenated alkanes) is 1. The van der Waals surface area contributed by atoms with Gasteiger partial charge >= 0.3 is 0 Å². The fourth-order valence-corrected chi connectivity index (χ4v) is 6.61. The molecule has 1 rings (SSSR count). The Hall–Kier alpha value is -1.75. The van der Waals surface area contributed by atoms with Crippen molar-refractivity contribution in [2.45, 2.75) is 162 Å². The van der Waals surface area contributed by atoms with Gasteiger partial charge < -0.3 is 15.3 Å². The van der Waals surface area contributed by atoms with Crippen molar-refractivity contribution in [3.05, 3.63) is 81.6 Å². The molecule has 0 aromatic rings. The van der Waals surface area contributed by atoms with Crippen molar-refractivity contribution in [1.82, 2.24) is 0 Å². The van der Waals surface area contributed by atoms with E-state index < -0.39 is 0 Å². The lowest BCUT2D eigenvalue weighted by atomic mass is 9.76. The van der Waals surface area contributed by atoms with Crippen LogP contribution in [0, 0.1) is 22.7 Å². The van der Waals surface area contributed by atoms with E-state index in [-0.39, 0.29) is 35.9 Å². The lowest BCUT2D eigenvalue weighted by Crippen LogP contribution is -2.19. The molecule has 0 saturated heterocycles. The summed E-state index contributed by atoms with van der Waals surface area (Å²) in [4.78, 5) is 0. The third-order valence-electron chi connectivity index (χ3n) is 9.39. The summed E-state index contributed by atoms with van der Waals surface area (Å²) < 4.78 is 0. The number of rotatable bonds is 19. The first-order valence-electron chi connectivity index (χ1n) is 19.5. The van der Waals surface area contributed by atoms with Crippen molar-refractivity contribution < 1.29 is 15.3 Å². The van der Waals surface area contributed by atoms with Gasteiger partial charge in [0.25, 0.3) is 0 Å². The number of aliphatic hydroxyl groups is 3. The van der Waals surface area contributed by atoms with Crippen LogP contribution in [0.15, 0.2) is 81.6 Å². The van der Waals surface area contributed by atoms with Crippen LogP contribution < -0.4 is 0 Å². The van der Waals surface area contributed by atoms with Gasteiger partial charge in [0.05, 0.1) is 5.76 Å². The smallest absolute Gasteiger partial charge is 0.0985 e. The molecule has 0 amide bonds. The molecule has 1 aliphatic rings. The minimum atomic E-state index is 0.0790. The van der Waals surface area contributed by atoms with Crippen LogP contribution in [0.4, 0.5) is 0 Å². The third-order valence-corrected chi connectivity index (χ3v) is 10.3. The molecule has 4 heteroatoms. The Morgan fingerprint density at radius 3 is 2.08 bits per heavy atom. The predicted molar refractivity (Wildman–Crippen MR) is 225 cm³/mol. The zero-order chi connectivity index (χ0) is 38.6. The summed E-state index contributed by atoms with van der Waals surface area (Å²) in [6.45, 7) is 36.9. The predicted octanol–water partition coefficient (Wildman–Crippen LogP) is 14.3. The fourth-order valence-electron chi connectivity index (χ4n) is 5.74. The van der Waals surface area contributed by atoms with Gasteiger partial charge in [-0.15, -0.1) is 11.8 Å². The zero-order valence-corrected chi connectivity index (χ0v) is 35.9. The van der Waals surface area contributed by atoms with Crippen LogP contribution in [-0.2, 0) is 0 Å². The summed E-state index contributed by atoms with van der Waals surface area (Å²) in [5.41, 5.74) is 8.42. The highest BCUT2D eigenvalue weighted by molar-refractivity contribution is 8.02. The number of aliphatic hydroxyl groups excluding tert-OH is 3. The van der Waals surface area contributed by atoms with Crippen molar-refractivity contribution in [3.8, 4) is 0 Å². The van der Waals surface area contributed by atoms with Crippen LogP contribution >= 0.6 is 11.8 Å². The maximum Gasteiger partial charge on any atom is 0.0985 e. The SMILES string of the molecule is C=C/C=C\SCC(CC1=CCC(CC)=CC(C(C)(C)CC)=C1C)C(/C=C(\C)CCCCO)=C(\O)C(C)CC(C)(C)CC.CC.CC.CCO. The van der Waals surface area contributed by atoms with Gasteiger partial charge in [-0.3, -0.25) is 0 Å². The summed E-state index contributed by atoms with van der Waals surface area (Å²) in [6, 6.07) is 0. The topological polar surface area (TPSA) is 60.7 Å². The Bertz CT molecular complexity index is 1060. The van der Waals surface area contributed by atoms with Crippen molar-refractivity contribution in [2.24, 2.45) is 22.7 Å². The summed E-state index contributed by atoms with van der Waals surface area (Å²) >= 11 is 1.80. The number of allylic oxidation sites excluding steroid dienone is 12. The van der Waals surface area contributed by atoms with Crippen molar-refractivity contribution in [2.75, 3.05) is 19.0 Å². The molecule has 0 spiro atoms. The molecule has 0 radical (unpaired) electrons. The molecule has 3 N–H and O–H groups in total. The first-order chi connectivity index (χ1) is 23.2. The van der Waals surface area contributed by atoms with E-state index in [9.17, 15) is 10.2 Å². The van der Waals surface area contributed by atoms with Crippen molar-refractivity contribution in [3.63, 3.8) is 0 Å². The molecule has 3 nitrogen and oxygen atoms in total. The minimum Gasteiger partial charge on any atom is -0.512 e. The van der Waals surface area contributed by atoms with Crippen LogP contribution in [0.2, 0.25) is 0 Å². The van der Waals surface area contributed by atoms with E-state index in [1.807, 2.05) is 39.8 Å². The highest BCUT2D eigenvalue weighted by Gasteiger charge is 2.29. The quantitative estimate of drug-likeness (QED) is 0.0712. The van der Waals surface area contributed by atoms with E-state index in [1.165, 1.54) is 27.9 Å². The molecule has 0 aromatic heterocycles. The molecule has 1 aliphatic carbocycles. The van der Waals surface area contributed by atoms with E-state index in [1.54, 1.807) is 18.7 Å². The van der Waals surface area contributed by atoms with Gasteiger partial charge in [-0.1, -0.05) is 138 Å². The molecule has 286 valence electrons. The third kappa shape index (κ3) is 21.3. The van der Waals surface area contributed by atoms with Gasteiger partial charge in [0.2, 0.25) is 0 Å². The Balaban J connectivity index is -0.00000280. The second-order valence-corrected chi connectivity index (χ2v) is 15.1. The Labute approximate surface area is 310 Å². The molecule has 0 aromatic carbocycles. The standard InChI is InChI=1S/C39H64O2S.C2H6O.2C2H6/c1-12-16-23-42-28-34(26-33-21-20-32(13-2)25-36(31(33)7)39(10,11)15-4)35(24-29(5)19-17-18-22-40)37(41)30(6)27-38(8,9)14-3;1-2-3;2*1-2/h12,16,21,23-25,30,34,40-41H,1,13-15,17-20,22,26-28H2,2-11H3;3H,2H2,1H3;2*1-2H3/b23-16-,29-24+,37-35-;;;. The molecule has 0 heterocycles. The Kier molecular flexibility index (Phi) is 31.5. The van der Waals surface area contributed by atoms with Gasteiger partial charge in [-0.05, 0) is 111 Å². The first-order valence-corrected chi connectivity index (χ1v) is 20.5. The molecule has 0 saturated carbocycles. The summed E-state index contributed by atoms with van der Waals surface area (Å²) in [5, 5.41) is 31.0. The van der Waals surface area contributed by atoms with Crippen LogP contribution in [0.5, 0.6) is 0 Å². The molecule has 2 atom stereocenters. The number of hydrogen-bond donors (Lipinski definition) is 3. The second-order valence-electron chi connectivity index (χ2n) is 14.1. The average molecular weight is 703 g/mol. The summed E-state index contributed by atoms with van der Waals surface area (Å²) in [5.74, 6) is 1.68. The number of thioether (sulfide) groups is 1. The Morgan fingerprint density at radius 1 is 1.00 bits per heavy atom. The lowest BCUT2D eigenvalue weighted by Gasteiger charge is -2.30. The maximum absolute atomic E-state index is 12.0. The summed E-state index contributed by atoms with van der Waals surface area (Å²) in [6.07, 6.45) is 19.9. The normalized spacial score (nSPS) is 15.7. The van der Waals surface area contributed by atoms with E-state index in [0.29, 0.717) is 5.76 Å². The molecule has 2 unspecified atom stereocenters. The van der Waals surface area contributed by atoms with Crippen LogP contribution in [0.3, 0.4) is 0 Å². The molecule has 49 heavy (non-hydrogen) atoms. The fraction of sp³-hybridized carbons (Fsp3) is 0.689. The molecule has 0 fully saturated rings. The summed E-state index contributed by atoms with van der Waals surface area (Å²) in [7, 11) is 0. The first kappa shape index (κ1) is 51.6. The van der Waals surface area contributed by atoms with Gasteiger partial charge in [0, 0.05) is 30.8 Å². The van der Waals surface area contributed by atoms with Gasteiger partial charge in [-0.25, -0.2) is 0 Å². The van der Waals surface area contributed by atoms with E-state index >= 15 is 0 Å². The molecular formula is C45H82O3S. The zero-order valence-electron chi connectivity index (χ0n) is 35.1. The van der Waals surface area contributed by atoms with E-state index in [0.717, 1.165) is 69.1 Å². The van der Waals surface area contributed by atoms with E-state index in [4.69, 9.17) is 5.11 Å². The van der Waals surface area contributed by atoms with Crippen molar-refractivity contribution >= 4 is 11.8 Å². The Morgan fingerprint density at radius 2 is 1.59 bits per heavy atom. The van der Waals surface area contributed by atoms with Gasteiger partial charge in [0.1, 0.15) is 0 Å². The molecule has 0 bridgehead atoms. The van der Waals surface area contributed by atoms with Crippen LogP contribution in [-0.4, -0.2) is 34.3 Å². The average Bonchev–Trinajstić information content (AvgIpc) is 3.25. The minimum absolute atomic E-state index is 0.0790. The highest BCUT2D eigenvalue weighted by Crippen LogP contribution is 2.42. The largest absolute Gasteiger partial charge is 0.512 e. The van der Waals surface area contributed by atoms with Crippen molar-refractivity contribution in [1.29, 1.82) is 0 Å². The van der Waals surface area contributed by atoms with Crippen LogP contribution in [0.25, 0.3) is 0 Å². The maximum atomic E-state index is 12.0. The van der Waals surface area contributed by atoms with Crippen LogP contribution in [0.1, 0.15) is 162 Å². The number of hydrogen-bond acceptors (Lipinski definition) is 4. The lowest BCUT2D eigenvalue weighted by molar-refractivity contribution is 0.233. The highest BCUT2D eigenvalue weighted by atomic mass is 32.2. The molecule has 0 aliphatic heterocycles. The van der Waals surface area contributed by atoms with E-state index in [2.05, 4.69) is 99.5 Å². The van der Waals surface area contributed by atoms with Gasteiger partial charge in [0.15, 0.2) is 0 Å². The second kappa shape index (κ2) is 29.9.